The van der Waals surface area contributed by atoms with Crippen molar-refractivity contribution in [2.24, 2.45) is 0 Å². The summed E-state index contributed by atoms with van der Waals surface area (Å²) in [6.07, 6.45) is 2.18. The molecule has 1 aliphatic heterocycles. The van der Waals surface area contributed by atoms with Gasteiger partial charge in [0, 0.05) is 25.2 Å². The second-order valence-corrected chi connectivity index (χ2v) is 8.28. The largest absolute Gasteiger partial charge is 0.447 e. The average Bonchev–Trinajstić information content (AvgIpc) is 3.19. The molecule has 2 aliphatic rings. The Bertz CT molecular complexity index is 1020. The number of carbonyl (C=O) groups excluding carboxylic acids is 1. The third kappa shape index (κ3) is 6.01. The molecule has 1 aromatic heterocycles. The molecular formula is C22H28F3N3O6. The van der Waals surface area contributed by atoms with Gasteiger partial charge in [0.15, 0.2) is 0 Å². The molecule has 1 aromatic rings. The number of amides is 1. The van der Waals surface area contributed by atoms with Gasteiger partial charge in [-0.15, -0.1) is 6.42 Å². The Morgan fingerprint density at radius 3 is 2.62 bits per heavy atom. The van der Waals surface area contributed by atoms with Gasteiger partial charge >= 0.3 is 18.0 Å². The number of terminal acetylenes is 1. The van der Waals surface area contributed by atoms with Crippen molar-refractivity contribution < 1.29 is 32.2 Å². The topological polar surface area (TPSA) is 101 Å². The summed E-state index contributed by atoms with van der Waals surface area (Å²) in [5, 5.41) is 2.79. The van der Waals surface area contributed by atoms with E-state index in [0.717, 1.165) is 36.7 Å². The Morgan fingerprint density at radius 1 is 1.29 bits per heavy atom. The first-order valence-corrected chi connectivity index (χ1v) is 11.2. The van der Waals surface area contributed by atoms with Crippen LogP contribution >= 0.6 is 0 Å². The van der Waals surface area contributed by atoms with Crippen molar-refractivity contribution in [1.29, 1.82) is 0 Å². The van der Waals surface area contributed by atoms with Gasteiger partial charge in [-0.2, -0.15) is 13.2 Å². The summed E-state index contributed by atoms with van der Waals surface area (Å²) < 4.78 is 58.0. The monoisotopic (exact) mass is 487 g/mol. The van der Waals surface area contributed by atoms with Gasteiger partial charge in [-0.05, 0) is 19.8 Å². The lowest BCUT2D eigenvalue weighted by atomic mass is 9.96. The average molecular weight is 487 g/mol. The van der Waals surface area contributed by atoms with Gasteiger partial charge in [-0.3, -0.25) is 13.9 Å². The fourth-order valence-corrected chi connectivity index (χ4v) is 4.27. The lowest BCUT2D eigenvalue weighted by Crippen LogP contribution is -2.44. The molecule has 0 radical (unpaired) electrons. The minimum absolute atomic E-state index is 0.0287. The summed E-state index contributed by atoms with van der Waals surface area (Å²) in [6, 6.07) is 0.0291. The fraction of sp³-hybridized carbons (Fsp3) is 0.682. The molecule has 3 atom stereocenters. The van der Waals surface area contributed by atoms with E-state index in [2.05, 4.69) is 11.2 Å². The van der Waals surface area contributed by atoms with Gasteiger partial charge in [-0.1, -0.05) is 25.2 Å². The highest BCUT2D eigenvalue weighted by Gasteiger charge is 2.41. The molecule has 1 saturated carbocycles. The normalized spacial score (nSPS) is 23.4. The van der Waals surface area contributed by atoms with Crippen LogP contribution in [0.2, 0.25) is 0 Å². The number of carbonyl (C=O) groups is 1. The first-order chi connectivity index (χ1) is 16.2. The summed E-state index contributed by atoms with van der Waals surface area (Å²) in [5.41, 5.74) is -3.85. The number of ether oxygens (including phenoxy) is 3. The van der Waals surface area contributed by atoms with E-state index in [1.54, 1.807) is 0 Å². The minimum Gasteiger partial charge on any atom is -0.447 e. The molecule has 9 nitrogen and oxygen atoms in total. The van der Waals surface area contributed by atoms with Crippen LogP contribution in [0.15, 0.2) is 15.8 Å². The maximum atomic E-state index is 13.4. The zero-order valence-electron chi connectivity index (χ0n) is 18.8. The third-order valence-corrected chi connectivity index (χ3v) is 5.99. The molecule has 12 heteroatoms. The van der Waals surface area contributed by atoms with Crippen molar-refractivity contribution >= 4 is 6.09 Å². The summed E-state index contributed by atoms with van der Waals surface area (Å²) in [4.78, 5) is 37.0. The Kier molecular flexibility index (Phi) is 8.43. The summed E-state index contributed by atoms with van der Waals surface area (Å²) in [7, 11) is 0. The minimum atomic E-state index is -4.96. The van der Waals surface area contributed by atoms with Crippen LogP contribution in [-0.2, 0) is 26.9 Å². The molecule has 0 bridgehead atoms. The molecule has 34 heavy (non-hydrogen) atoms. The van der Waals surface area contributed by atoms with Gasteiger partial charge < -0.3 is 19.5 Å². The highest BCUT2D eigenvalue weighted by atomic mass is 19.4. The summed E-state index contributed by atoms with van der Waals surface area (Å²) in [6.45, 7) is 0.781. The quantitative estimate of drug-likeness (QED) is 0.593. The molecule has 0 unspecified atom stereocenters. The molecule has 3 rings (SSSR count). The number of hydrogen-bond donors (Lipinski definition) is 1. The second-order valence-electron chi connectivity index (χ2n) is 8.28. The van der Waals surface area contributed by atoms with Gasteiger partial charge in [0.2, 0.25) is 0 Å². The predicted molar refractivity (Wildman–Crippen MR) is 114 cm³/mol. The second kappa shape index (κ2) is 11.1. The van der Waals surface area contributed by atoms with Crippen LogP contribution in [0.3, 0.4) is 0 Å². The maximum absolute atomic E-state index is 13.4. The van der Waals surface area contributed by atoms with E-state index >= 15 is 0 Å². The SMILES string of the molecule is C#CCO[C@H]1C[C@H](n2cc(C(F)(F)F)c(=O)n(CC)c2=O)O[C@@H]1COC(=O)NC1CCCCC1. The molecule has 1 amide bonds. The maximum Gasteiger partial charge on any atom is 0.423 e. The van der Waals surface area contributed by atoms with Crippen molar-refractivity contribution in [1.82, 2.24) is 14.5 Å². The smallest absolute Gasteiger partial charge is 0.423 e. The first kappa shape index (κ1) is 25.8. The van der Waals surface area contributed by atoms with Crippen LogP contribution in [0.25, 0.3) is 0 Å². The highest BCUT2D eigenvalue weighted by molar-refractivity contribution is 5.67. The molecule has 188 valence electrons. The van der Waals surface area contributed by atoms with Crippen molar-refractivity contribution in [2.75, 3.05) is 13.2 Å². The number of nitrogens with one attached hydrogen (secondary N) is 1. The predicted octanol–water partition coefficient (Wildman–Crippen LogP) is 2.41. The number of halogens is 3. The van der Waals surface area contributed by atoms with Gasteiger partial charge in [0.05, 0.1) is 6.10 Å². The Morgan fingerprint density at radius 2 is 2.00 bits per heavy atom. The van der Waals surface area contributed by atoms with Gasteiger partial charge in [-0.25, -0.2) is 9.59 Å². The van der Waals surface area contributed by atoms with Crippen molar-refractivity contribution in [2.45, 2.75) is 82.6 Å². The van der Waals surface area contributed by atoms with Crippen LogP contribution in [0, 0.1) is 12.3 Å². The van der Waals surface area contributed by atoms with E-state index in [1.165, 1.54) is 6.92 Å². The lowest BCUT2D eigenvalue weighted by Gasteiger charge is -2.23. The third-order valence-electron chi connectivity index (χ3n) is 5.99. The Labute approximate surface area is 194 Å². The van der Waals surface area contributed by atoms with E-state index in [1.807, 2.05) is 0 Å². The number of alkyl carbamates (subject to hydrolysis) is 1. The van der Waals surface area contributed by atoms with Crippen LogP contribution in [0.4, 0.5) is 18.0 Å². The van der Waals surface area contributed by atoms with Crippen LogP contribution in [0.5, 0.6) is 0 Å². The Balaban J connectivity index is 1.77. The van der Waals surface area contributed by atoms with Crippen LogP contribution < -0.4 is 16.6 Å². The van der Waals surface area contributed by atoms with Crippen LogP contribution in [0.1, 0.15) is 57.2 Å². The lowest BCUT2D eigenvalue weighted by molar-refractivity contribution is -0.140. The molecule has 2 fully saturated rings. The van der Waals surface area contributed by atoms with Crippen molar-refractivity contribution in [3.8, 4) is 12.3 Å². The number of alkyl halides is 3. The van der Waals surface area contributed by atoms with Crippen molar-refractivity contribution in [3.05, 3.63) is 32.6 Å². The van der Waals surface area contributed by atoms with E-state index in [-0.39, 0.29) is 32.2 Å². The van der Waals surface area contributed by atoms with E-state index in [0.29, 0.717) is 10.8 Å². The highest BCUT2D eigenvalue weighted by Crippen LogP contribution is 2.32. The van der Waals surface area contributed by atoms with Gasteiger partial charge in [0.25, 0.3) is 5.56 Å². The van der Waals surface area contributed by atoms with E-state index in [9.17, 15) is 27.6 Å². The molecule has 1 saturated heterocycles. The summed E-state index contributed by atoms with van der Waals surface area (Å²) in [5.74, 6) is 2.29. The number of aromatic nitrogens is 2. The van der Waals surface area contributed by atoms with E-state index in [4.69, 9.17) is 20.6 Å². The summed E-state index contributed by atoms with van der Waals surface area (Å²) >= 11 is 0. The van der Waals surface area contributed by atoms with Crippen molar-refractivity contribution in [3.63, 3.8) is 0 Å². The first-order valence-electron chi connectivity index (χ1n) is 11.2. The van der Waals surface area contributed by atoms with Crippen LogP contribution in [-0.4, -0.2) is 46.7 Å². The molecule has 0 spiro atoms. The number of nitrogens with zero attached hydrogens (tertiary/aromatic N) is 2. The fourth-order valence-electron chi connectivity index (χ4n) is 4.27. The van der Waals surface area contributed by atoms with E-state index < -0.39 is 47.5 Å². The number of hydrogen-bond acceptors (Lipinski definition) is 6. The molecule has 0 aromatic carbocycles. The molecule has 1 aliphatic carbocycles. The standard InChI is InChI=1S/C22H28F3N3O6/c1-3-10-32-16-11-18(28-12-15(22(23,24)25)19(29)27(4-2)21(28)31)34-17(16)13-33-20(30)26-14-8-6-5-7-9-14/h1,12,14,16-18H,4-11,13H2,2H3,(H,26,30)/t16-,17+,18+/m0/s1. The molecular weight excluding hydrogens is 459 g/mol. The van der Waals surface area contributed by atoms with Gasteiger partial charge in [0.1, 0.15) is 31.1 Å². The zero-order valence-corrected chi connectivity index (χ0v) is 18.8. The molecule has 2 heterocycles. The number of rotatable bonds is 7. The Hall–Kier alpha value is -2.78. The molecule has 1 N–H and O–H groups in total. The zero-order chi connectivity index (χ0) is 24.9.